The maximum absolute atomic E-state index is 9.55. The molecule has 6 nitrogen and oxygen atoms in total. The molecule has 0 rings (SSSR count). The zero-order chi connectivity index (χ0) is 19.1. The van der Waals surface area contributed by atoms with E-state index in [4.69, 9.17) is 15.3 Å². The summed E-state index contributed by atoms with van der Waals surface area (Å²) in [6.07, 6.45) is 4.54. The minimum atomic E-state index is -0.787. The summed E-state index contributed by atoms with van der Waals surface area (Å²) in [6.45, 7) is 4.42. The fraction of sp³-hybridized carbons (Fsp3) is 0.786. The number of hydrogen-bond acceptors (Lipinski definition) is 6. The molecule has 0 spiro atoms. The van der Waals surface area contributed by atoms with E-state index in [1.807, 2.05) is 0 Å². The van der Waals surface area contributed by atoms with E-state index in [0.29, 0.717) is 17.3 Å². The number of unbranched alkanes of at least 4 members (excludes halogenated alkanes) is 2. The number of hydrogen-bond donors (Lipinski definition) is 6. The highest BCUT2D eigenvalue weighted by atomic mass is 32.1. The zero-order valence-electron chi connectivity index (χ0n) is 13.8. The predicted molar refractivity (Wildman–Crippen MR) is 104 cm³/mol. The molecule has 0 aliphatic rings. The highest BCUT2D eigenvalue weighted by Gasteiger charge is 1.89. The molecule has 0 aromatic carbocycles. The highest BCUT2D eigenvalue weighted by molar-refractivity contribution is 7.80. The molecule has 0 heterocycles. The maximum atomic E-state index is 9.55. The Balaban J connectivity index is -0.000000105. The Hall–Kier alpha value is -0.540. The topological polar surface area (TPSA) is 112 Å². The first kappa shape index (κ1) is 30.4. The fourth-order valence-corrected chi connectivity index (χ4v) is 1.21. The van der Waals surface area contributed by atoms with Crippen molar-refractivity contribution in [3.05, 3.63) is 0 Å². The molecule has 0 aromatic rings. The van der Waals surface area contributed by atoms with E-state index in [1.165, 1.54) is 19.3 Å². The van der Waals surface area contributed by atoms with Crippen LogP contribution in [0.3, 0.4) is 0 Å². The van der Waals surface area contributed by atoms with Crippen LogP contribution in [-0.4, -0.2) is 50.5 Å². The fourth-order valence-electron chi connectivity index (χ4n) is 0.640. The summed E-state index contributed by atoms with van der Waals surface area (Å²) in [5.74, 6) is -1.08. The van der Waals surface area contributed by atoms with Crippen molar-refractivity contribution in [3.63, 3.8) is 0 Å². The summed E-state index contributed by atoms with van der Waals surface area (Å²) in [7, 11) is 0. The van der Waals surface area contributed by atoms with Gasteiger partial charge in [-0.1, -0.05) is 33.1 Å². The number of thiol groups is 3. The second kappa shape index (κ2) is 29.5. The smallest absolute Gasteiger partial charge is 0.304 e. The number of carboxylic acid groups (broad SMARTS) is 3. The predicted octanol–water partition coefficient (Wildman–Crippen LogP) is 3.37. The second-order valence-electron chi connectivity index (χ2n) is 3.96. The summed E-state index contributed by atoms with van der Waals surface area (Å²) >= 11 is 11.0. The summed E-state index contributed by atoms with van der Waals surface area (Å²) in [5, 5.41) is 23.6. The third-order valence-electron chi connectivity index (χ3n) is 1.68. The number of carboxylic acids is 3. The summed E-state index contributed by atoms with van der Waals surface area (Å²) in [6, 6.07) is 0. The van der Waals surface area contributed by atoms with Crippen molar-refractivity contribution in [2.24, 2.45) is 0 Å². The van der Waals surface area contributed by atoms with Crippen LogP contribution in [0.2, 0.25) is 0 Å². The van der Waals surface area contributed by atoms with E-state index in [9.17, 15) is 14.4 Å². The van der Waals surface area contributed by atoms with Gasteiger partial charge in [-0.3, -0.25) is 14.4 Å². The SMILES string of the molecule is CCCCC.O=C(O)CCS.O=C(O)CCS.O=C(O)CCS. The lowest BCUT2D eigenvalue weighted by molar-refractivity contribution is -0.137. The van der Waals surface area contributed by atoms with Crippen LogP contribution in [0.15, 0.2) is 0 Å². The van der Waals surface area contributed by atoms with Gasteiger partial charge in [-0.05, 0) is 0 Å². The molecular formula is C14H30O6S3. The lowest BCUT2D eigenvalue weighted by Crippen LogP contribution is -1.93. The minimum Gasteiger partial charge on any atom is -0.481 e. The molecule has 3 N–H and O–H groups in total. The average Bonchev–Trinajstić information content (AvgIpc) is 2.41. The van der Waals surface area contributed by atoms with Crippen molar-refractivity contribution in [3.8, 4) is 0 Å². The molecule has 0 saturated heterocycles. The maximum Gasteiger partial charge on any atom is 0.304 e. The lowest BCUT2D eigenvalue weighted by atomic mass is 10.3. The Morgan fingerprint density at radius 2 is 0.870 bits per heavy atom. The first-order valence-electron chi connectivity index (χ1n) is 7.21. The van der Waals surface area contributed by atoms with Gasteiger partial charge in [-0.2, -0.15) is 37.9 Å². The quantitative estimate of drug-likeness (QED) is 0.354. The average molecular weight is 391 g/mol. The van der Waals surface area contributed by atoms with Gasteiger partial charge in [0.15, 0.2) is 0 Å². The molecule has 0 aromatic heterocycles. The van der Waals surface area contributed by atoms with Gasteiger partial charge in [0.25, 0.3) is 0 Å². The van der Waals surface area contributed by atoms with E-state index in [2.05, 4.69) is 51.7 Å². The molecule has 0 bridgehead atoms. The van der Waals surface area contributed by atoms with Gasteiger partial charge >= 0.3 is 17.9 Å². The van der Waals surface area contributed by atoms with Crippen molar-refractivity contribution >= 4 is 55.8 Å². The molecule has 140 valence electrons. The Bertz CT molecular complexity index is 235. The Kier molecular flexibility index (Phi) is 38.9. The van der Waals surface area contributed by atoms with Crippen LogP contribution in [0.5, 0.6) is 0 Å². The first-order chi connectivity index (χ1) is 10.7. The Morgan fingerprint density at radius 3 is 0.870 bits per heavy atom. The molecule has 0 saturated carbocycles. The summed E-state index contributed by atoms with van der Waals surface area (Å²) < 4.78 is 0. The third-order valence-corrected chi connectivity index (χ3v) is 2.35. The zero-order valence-corrected chi connectivity index (χ0v) is 16.5. The largest absolute Gasteiger partial charge is 0.481 e. The van der Waals surface area contributed by atoms with Gasteiger partial charge in [0, 0.05) is 17.3 Å². The van der Waals surface area contributed by atoms with Crippen LogP contribution in [-0.2, 0) is 14.4 Å². The van der Waals surface area contributed by atoms with Gasteiger partial charge in [0.2, 0.25) is 0 Å². The minimum absolute atomic E-state index is 0.156. The summed E-state index contributed by atoms with van der Waals surface area (Å²) in [4.78, 5) is 28.7. The summed E-state index contributed by atoms with van der Waals surface area (Å²) in [5.41, 5.74) is 0. The van der Waals surface area contributed by atoms with Crippen LogP contribution in [0, 0.1) is 0 Å². The Labute approximate surface area is 155 Å². The van der Waals surface area contributed by atoms with Crippen molar-refractivity contribution in [1.29, 1.82) is 0 Å². The Morgan fingerprint density at radius 1 is 0.652 bits per heavy atom. The van der Waals surface area contributed by atoms with Crippen LogP contribution in [0.4, 0.5) is 0 Å². The van der Waals surface area contributed by atoms with Gasteiger partial charge < -0.3 is 15.3 Å². The van der Waals surface area contributed by atoms with Crippen molar-refractivity contribution in [1.82, 2.24) is 0 Å². The standard InChI is InChI=1S/C5H12.3C3H6O2S/c1-3-5-4-2;3*4-3(5)1-2-6/h3-5H2,1-2H3;3*6H,1-2H2,(H,4,5). The van der Waals surface area contributed by atoms with Gasteiger partial charge in [0.1, 0.15) is 0 Å². The van der Waals surface area contributed by atoms with E-state index in [1.54, 1.807) is 0 Å². The van der Waals surface area contributed by atoms with Gasteiger partial charge in [-0.15, -0.1) is 0 Å². The third kappa shape index (κ3) is 74.3. The van der Waals surface area contributed by atoms with Crippen molar-refractivity contribution < 1.29 is 29.7 Å². The molecule has 23 heavy (non-hydrogen) atoms. The van der Waals surface area contributed by atoms with Crippen LogP contribution < -0.4 is 0 Å². The number of aliphatic carboxylic acids is 3. The number of carbonyl (C=O) groups is 3. The lowest BCUT2D eigenvalue weighted by Gasteiger charge is -1.79. The monoisotopic (exact) mass is 390 g/mol. The van der Waals surface area contributed by atoms with E-state index >= 15 is 0 Å². The molecule has 0 unspecified atom stereocenters. The van der Waals surface area contributed by atoms with Gasteiger partial charge in [-0.25, -0.2) is 0 Å². The number of rotatable bonds is 8. The van der Waals surface area contributed by atoms with Crippen LogP contribution >= 0.6 is 37.9 Å². The second-order valence-corrected chi connectivity index (χ2v) is 5.30. The first-order valence-corrected chi connectivity index (χ1v) is 9.10. The molecule has 0 amide bonds. The van der Waals surface area contributed by atoms with Crippen molar-refractivity contribution in [2.45, 2.75) is 52.4 Å². The normalized spacial score (nSPS) is 8.22. The van der Waals surface area contributed by atoms with Crippen LogP contribution in [0.25, 0.3) is 0 Å². The van der Waals surface area contributed by atoms with E-state index < -0.39 is 17.9 Å². The molecule has 0 aliphatic carbocycles. The molecule has 0 aliphatic heterocycles. The van der Waals surface area contributed by atoms with Crippen molar-refractivity contribution in [2.75, 3.05) is 17.3 Å². The van der Waals surface area contributed by atoms with E-state index in [-0.39, 0.29) is 19.3 Å². The van der Waals surface area contributed by atoms with E-state index in [0.717, 1.165) is 0 Å². The molecule has 0 radical (unpaired) electrons. The molecule has 0 fully saturated rings. The highest BCUT2D eigenvalue weighted by Crippen LogP contribution is 1.88. The molecule has 9 heteroatoms. The van der Waals surface area contributed by atoms with Gasteiger partial charge in [0.05, 0.1) is 19.3 Å². The molecular weight excluding hydrogens is 360 g/mol. The van der Waals surface area contributed by atoms with Crippen LogP contribution in [0.1, 0.15) is 52.4 Å². The molecule has 0 atom stereocenters.